The van der Waals surface area contributed by atoms with Gasteiger partial charge < -0.3 is 0 Å². The second kappa shape index (κ2) is 8.23. The summed E-state index contributed by atoms with van der Waals surface area (Å²) in [5, 5.41) is 12.4. The molecule has 0 aliphatic carbocycles. The maximum absolute atomic E-state index is 13.0. The van der Waals surface area contributed by atoms with Crippen LogP contribution in [0.3, 0.4) is 0 Å². The van der Waals surface area contributed by atoms with Crippen molar-refractivity contribution in [1.29, 1.82) is 5.26 Å². The summed E-state index contributed by atoms with van der Waals surface area (Å²) in [6, 6.07) is 6.22. The van der Waals surface area contributed by atoms with Crippen LogP contribution in [0.1, 0.15) is 33.1 Å². The van der Waals surface area contributed by atoms with Crippen molar-refractivity contribution in [3.8, 4) is 6.07 Å². The van der Waals surface area contributed by atoms with Crippen LogP contribution in [0.15, 0.2) is 23.1 Å². The third-order valence-corrected chi connectivity index (χ3v) is 4.07. The van der Waals surface area contributed by atoms with Crippen LogP contribution in [0.25, 0.3) is 0 Å². The van der Waals surface area contributed by atoms with Crippen molar-refractivity contribution >= 4 is 11.8 Å². The lowest BCUT2D eigenvalue weighted by molar-refractivity contribution is 0.415. The van der Waals surface area contributed by atoms with E-state index in [1.807, 2.05) is 6.92 Å². The molecule has 1 N–H and O–H groups in total. The van der Waals surface area contributed by atoms with Crippen molar-refractivity contribution in [3.05, 3.63) is 29.8 Å². The standard InChI is InChI=1S/C15H20F2N2S/c1-3-8-19-15(2,11-18)7-4-9-20-12-5-6-13(16)14(17)10-12/h5-6,10,19H,3-4,7-9H2,1-2H3. The Hall–Kier alpha value is -1.12. The highest BCUT2D eigenvalue weighted by Crippen LogP contribution is 2.23. The molecule has 1 rings (SSSR count). The van der Waals surface area contributed by atoms with E-state index in [0.29, 0.717) is 4.90 Å². The highest BCUT2D eigenvalue weighted by molar-refractivity contribution is 7.99. The molecule has 0 aromatic heterocycles. The third-order valence-electron chi connectivity index (χ3n) is 2.99. The van der Waals surface area contributed by atoms with E-state index in [-0.39, 0.29) is 0 Å². The van der Waals surface area contributed by atoms with Gasteiger partial charge in [-0.15, -0.1) is 11.8 Å². The molecule has 0 spiro atoms. The van der Waals surface area contributed by atoms with Gasteiger partial charge in [0.05, 0.1) is 6.07 Å². The lowest BCUT2D eigenvalue weighted by Crippen LogP contribution is -2.41. The number of benzene rings is 1. The molecule has 1 atom stereocenters. The summed E-state index contributed by atoms with van der Waals surface area (Å²) in [6.07, 6.45) is 2.56. The van der Waals surface area contributed by atoms with Crippen LogP contribution >= 0.6 is 11.8 Å². The Morgan fingerprint density at radius 3 is 2.70 bits per heavy atom. The van der Waals surface area contributed by atoms with E-state index in [2.05, 4.69) is 18.3 Å². The zero-order chi connectivity index (χ0) is 15.0. The molecule has 0 bridgehead atoms. The first-order valence-electron chi connectivity index (χ1n) is 6.75. The van der Waals surface area contributed by atoms with Crippen molar-refractivity contribution in [2.75, 3.05) is 12.3 Å². The summed E-state index contributed by atoms with van der Waals surface area (Å²) in [5.74, 6) is -0.868. The molecule has 0 saturated carbocycles. The zero-order valence-corrected chi connectivity index (χ0v) is 12.7. The molecule has 1 aromatic rings. The molecular formula is C15H20F2N2S. The van der Waals surface area contributed by atoms with Crippen molar-refractivity contribution in [2.24, 2.45) is 0 Å². The van der Waals surface area contributed by atoms with Crippen LogP contribution in [0, 0.1) is 23.0 Å². The van der Waals surface area contributed by atoms with Crippen LogP contribution in [0.4, 0.5) is 8.78 Å². The predicted octanol–water partition coefficient (Wildman–Crippen LogP) is 4.12. The second-order valence-corrected chi connectivity index (χ2v) is 6.07. The van der Waals surface area contributed by atoms with Gasteiger partial charge in [0, 0.05) is 4.90 Å². The van der Waals surface area contributed by atoms with Crippen LogP contribution in [-0.2, 0) is 0 Å². The van der Waals surface area contributed by atoms with E-state index in [1.54, 1.807) is 6.07 Å². The average molecular weight is 298 g/mol. The minimum absolute atomic E-state index is 0.509. The van der Waals surface area contributed by atoms with Gasteiger partial charge in [0.2, 0.25) is 0 Å². The van der Waals surface area contributed by atoms with Crippen LogP contribution in [-0.4, -0.2) is 17.8 Å². The Bertz CT molecular complexity index is 473. The van der Waals surface area contributed by atoms with E-state index in [4.69, 9.17) is 0 Å². The number of halogens is 2. The van der Waals surface area contributed by atoms with Crippen molar-refractivity contribution in [1.82, 2.24) is 5.32 Å². The monoisotopic (exact) mass is 298 g/mol. The molecular weight excluding hydrogens is 278 g/mol. The van der Waals surface area contributed by atoms with Crippen LogP contribution in [0.5, 0.6) is 0 Å². The minimum Gasteiger partial charge on any atom is -0.300 e. The molecule has 1 unspecified atom stereocenters. The normalized spacial score (nSPS) is 13.8. The van der Waals surface area contributed by atoms with E-state index in [0.717, 1.165) is 37.6 Å². The fraction of sp³-hybridized carbons (Fsp3) is 0.533. The predicted molar refractivity (Wildman–Crippen MR) is 78.6 cm³/mol. The molecule has 0 amide bonds. The van der Waals surface area contributed by atoms with Gasteiger partial charge in [0.1, 0.15) is 5.54 Å². The summed E-state index contributed by atoms with van der Waals surface area (Å²) in [7, 11) is 0. The SMILES string of the molecule is CCCNC(C)(C#N)CCCSc1ccc(F)c(F)c1. The first-order chi connectivity index (χ1) is 9.50. The highest BCUT2D eigenvalue weighted by atomic mass is 32.2. The van der Waals surface area contributed by atoms with Crippen LogP contribution in [0.2, 0.25) is 0 Å². The Labute approximate surface area is 123 Å². The second-order valence-electron chi connectivity index (χ2n) is 4.90. The summed E-state index contributed by atoms with van der Waals surface area (Å²) in [6.45, 7) is 4.77. The van der Waals surface area contributed by atoms with Gasteiger partial charge in [-0.25, -0.2) is 8.78 Å². The van der Waals surface area contributed by atoms with Gasteiger partial charge in [-0.2, -0.15) is 5.26 Å². The van der Waals surface area contributed by atoms with Crippen molar-refractivity contribution in [3.63, 3.8) is 0 Å². The quantitative estimate of drug-likeness (QED) is 0.579. The average Bonchev–Trinajstić information content (AvgIpc) is 2.45. The molecule has 0 aliphatic heterocycles. The van der Waals surface area contributed by atoms with E-state index < -0.39 is 17.2 Å². The first-order valence-corrected chi connectivity index (χ1v) is 7.73. The molecule has 5 heteroatoms. The lowest BCUT2D eigenvalue weighted by Gasteiger charge is -2.22. The van der Waals surface area contributed by atoms with E-state index in [9.17, 15) is 14.0 Å². The van der Waals surface area contributed by atoms with Crippen molar-refractivity contribution in [2.45, 2.75) is 43.5 Å². The molecule has 1 aromatic carbocycles. The van der Waals surface area contributed by atoms with Crippen LogP contribution < -0.4 is 5.32 Å². The largest absolute Gasteiger partial charge is 0.300 e. The Kier molecular flexibility index (Phi) is 6.97. The summed E-state index contributed by atoms with van der Waals surface area (Å²) < 4.78 is 25.8. The zero-order valence-electron chi connectivity index (χ0n) is 11.9. The fourth-order valence-corrected chi connectivity index (χ4v) is 2.64. The van der Waals surface area contributed by atoms with E-state index in [1.165, 1.54) is 17.8 Å². The number of nitriles is 1. The summed E-state index contributed by atoms with van der Waals surface area (Å²) >= 11 is 1.47. The highest BCUT2D eigenvalue weighted by Gasteiger charge is 2.21. The van der Waals surface area contributed by atoms with E-state index >= 15 is 0 Å². The van der Waals surface area contributed by atoms with Gasteiger partial charge in [-0.05, 0) is 56.7 Å². The van der Waals surface area contributed by atoms with Gasteiger partial charge in [-0.3, -0.25) is 5.32 Å². The molecule has 0 fully saturated rings. The van der Waals surface area contributed by atoms with Crippen molar-refractivity contribution < 1.29 is 8.78 Å². The Morgan fingerprint density at radius 2 is 2.10 bits per heavy atom. The van der Waals surface area contributed by atoms with Gasteiger partial charge >= 0.3 is 0 Å². The molecule has 20 heavy (non-hydrogen) atoms. The molecule has 2 nitrogen and oxygen atoms in total. The lowest BCUT2D eigenvalue weighted by atomic mass is 9.98. The Morgan fingerprint density at radius 1 is 1.35 bits per heavy atom. The Balaban J connectivity index is 2.37. The topological polar surface area (TPSA) is 35.8 Å². The molecule has 0 saturated heterocycles. The number of nitrogens with zero attached hydrogens (tertiary/aromatic N) is 1. The third kappa shape index (κ3) is 5.48. The first kappa shape index (κ1) is 16.9. The van der Waals surface area contributed by atoms with Gasteiger partial charge in [0.25, 0.3) is 0 Å². The summed E-state index contributed by atoms with van der Waals surface area (Å²) in [4.78, 5) is 0.712. The van der Waals surface area contributed by atoms with Gasteiger partial charge in [-0.1, -0.05) is 6.92 Å². The fourth-order valence-electron chi connectivity index (χ4n) is 1.77. The maximum Gasteiger partial charge on any atom is 0.159 e. The minimum atomic E-state index is -0.824. The molecule has 0 heterocycles. The molecule has 0 aliphatic rings. The smallest absolute Gasteiger partial charge is 0.159 e. The number of rotatable bonds is 8. The number of hydrogen-bond donors (Lipinski definition) is 1. The molecule has 0 radical (unpaired) electrons. The molecule has 110 valence electrons. The number of nitrogens with one attached hydrogen (secondary N) is 1. The summed E-state index contributed by atoms with van der Waals surface area (Å²) in [5.41, 5.74) is -0.509. The maximum atomic E-state index is 13.0. The van der Waals surface area contributed by atoms with Gasteiger partial charge in [0.15, 0.2) is 11.6 Å². The number of thioether (sulfide) groups is 1. The number of hydrogen-bond acceptors (Lipinski definition) is 3.